The topological polar surface area (TPSA) is 0 Å². The minimum Gasteiger partial charge on any atom is -0.137 e. The Balaban J connectivity index is 1.48. The van der Waals surface area contributed by atoms with E-state index in [-0.39, 0.29) is 0 Å². The van der Waals surface area contributed by atoms with Crippen LogP contribution in [-0.2, 0) is 25.7 Å². The van der Waals surface area contributed by atoms with Gasteiger partial charge in [-0.05, 0) is 51.4 Å². The molecule has 7 aromatic rings. The smallest absolute Gasteiger partial charge is 0.0546 e. The highest BCUT2D eigenvalue weighted by Crippen LogP contribution is 2.59. The first-order valence-corrected chi connectivity index (χ1v) is 23.6. The minimum absolute atomic E-state index is 1.26. The van der Waals surface area contributed by atoms with E-state index in [4.69, 9.17) is 0 Å². The van der Waals surface area contributed by atoms with Crippen molar-refractivity contribution in [3.8, 4) is 0 Å². The zero-order valence-electron chi connectivity index (χ0n) is 28.6. The van der Waals surface area contributed by atoms with Crippen LogP contribution < -0.4 is 0 Å². The van der Waals surface area contributed by atoms with Gasteiger partial charge in [-0.3, -0.25) is 0 Å². The molecule has 0 N–H and O–H groups in total. The van der Waals surface area contributed by atoms with E-state index in [1.165, 1.54) is 128 Å². The summed E-state index contributed by atoms with van der Waals surface area (Å²) in [6, 6.07) is 0. The molecule has 0 saturated carbocycles. The van der Waals surface area contributed by atoms with Crippen molar-refractivity contribution in [2.45, 2.75) is 156 Å². The average Bonchev–Trinajstić information content (AvgIpc) is 3.87. The Labute approximate surface area is 300 Å². The molecule has 46 heavy (non-hydrogen) atoms. The van der Waals surface area contributed by atoms with Gasteiger partial charge >= 0.3 is 0 Å². The fraction of sp³-hybridized carbons (Fsp3) is 0.600. The lowest BCUT2D eigenvalue weighted by Crippen LogP contribution is -1.82. The molecule has 248 valence electrons. The van der Waals surface area contributed by atoms with Gasteiger partial charge in [-0.1, -0.05) is 105 Å². The van der Waals surface area contributed by atoms with Crippen LogP contribution in [0.4, 0.5) is 0 Å². The summed E-state index contributed by atoms with van der Waals surface area (Å²) in [5.74, 6) is 0. The van der Waals surface area contributed by atoms with E-state index in [1.807, 2.05) is 0 Å². The largest absolute Gasteiger partial charge is 0.137 e. The molecule has 6 heteroatoms. The van der Waals surface area contributed by atoms with Gasteiger partial charge in [0.15, 0.2) is 0 Å². The fourth-order valence-electron chi connectivity index (χ4n) is 7.54. The number of rotatable bonds is 20. The molecule has 0 nitrogen and oxygen atoms in total. The maximum atomic E-state index is 2.34. The first kappa shape index (κ1) is 33.7. The third kappa shape index (κ3) is 6.23. The summed E-state index contributed by atoms with van der Waals surface area (Å²) < 4.78 is 13.2. The highest BCUT2D eigenvalue weighted by atomic mass is 32.1. The Morgan fingerprint density at radius 2 is 0.500 bits per heavy atom. The Kier molecular flexibility index (Phi) is 11.3. The van der Waals surface area contributed by atoms with E-state index in [0.717, 1.165) is 0 Å². The number of fused-ring (bicyclic) bond motifs is 2. The summed E-state index contributed by atoms with van der Waals surface area (Å²) in [6.45, 7) is 9.36. The third-order valence-corrected chi connectivity index (χ3v) is 18.5. The highest BCUT2D eigenvalue weighted by molar-refractivity contribution is 7.40. The summed E-state index contributed by atoms with van der Waals surface area (Å²) in [7, 11) is 0. The lowest BCUT2D eigenvalue weighted by molar-refractivity contribution is 0.671. The molecule has 6 heterocycles. The average molecular weight is 725 g/mol. The molecule has 0 aliphatic carbocycles. The van der Waals surface area contributed by atoms with E-state index < -0.39 is 0 Å². The molecular formula is C40H52S6. The van der Waals surface area contributed by atoms with Crippen molar-refractivity contribution in [1.82, 2.24) is 0 Å². The summed E-state index contributed by atoms with van der Waals surface area (Å²) in [5.41, 5.74) is 0. The van der Waals surface area contributed by atoms with Crippen molar-refractivity contribution in [3.63, 3.8) is 0 Å². The van der Waals surface area contributed by atoms with E-state index >= 15 is 0 Å². The molecule has 0 bridgehead atoms. The molecule has 0 fully saturated rings. The first-order chi connectivity index (χ1) is 22.7. The maximum absolute atomic E-state index is 2.34. The van der Waals surface area contributed by atoms with Gasteiger partial charge in [0, 0.05) is 41.1 Å². The lowest BCUT2D eigenvalue weighted by atomic mass is 10.1. The molecule has 0 aliphatic heterocycles. The number of aryl methyl sites for hydroxylation is 4. The van der Waals surface area contributed by atoms with Crippen molar-refractivity contribution in [1.29, 1.82) is 0 Å². The van der Waals surface area contributed by atoms with E-state index in [1.54, 1.807) is 78.7 Å². The SMILES string of the molecule is CCCCCCc1sc2c3sc(CCCCCC)c4sc5c(CCCCCC)sc(c6sc(CCCCCC)c7sc1c2c76)c5c43. The second kappa shape index (κ2) is 15.4. The minimum atomic E-state index is 1.26. The molecule has 7 rings (SSSR count). The molecule has 6 aromatic heterocycles. The first-order valence-electron chi connectivity index (χ1n) is 18.7. The maximum Gasteiger partial charge on any atom is 0.0546 e. The van der Waals surface area contributed by atoms with Crippen LogP contribution >= 0.6 is 68.0 Å². The van der Waals surface area contributed by atoms with E-state index in [2.05, 4.69) is 95.7 Å². The molecule has 0 spiro atoms. The zero-order valence-corrected chi connectivity index (χ0v) is 33.5. The molecule has 0 aliphatic rings. The number of thiophene rings is 6. The van der Waals surface area contributed by atoms with Gasteiger partial charge in [0.2, 0.25) is 0 Å². The standard InChI is InChI=1S/C40H52S6/c1-5-9-13-17-21-25-33-29-30-34(45-33)26(22-18-14-10-6-2)43-39(30)40-32-31-35(46-36(32)28(44-40)24-20-16-12-8-4)27(23-19-15-11-7-3)42-38(31)37(29)41-25/h5-24H2,1-4H3. The predicted molar refractivity (Wildman–Crippen MR) is 221 cm³/mol. The molecular weight excluding hydrogens is 673 g/mol. The Morgan fingerprint density at radius 1 is 0.261 bits per heavy atom. The van der Waals surface area contributed by atoms with Gasteiger partial charge in [0.1, 0.15) is 0 Å². The van der Waals surface area contributed by atoms with Crippen molar-refractivity contribution in [2.75, 3.05) is 0 Å². The van der Waals surface area contributed by atoms with Crippen molar-refractivity contribution in [2.24, 2.45) is 0 Å². The number of hydrogen-bond donors (Lipinski definition) is 0. The Hall–Kier alpha value is -0.760. The third-order valence-electron chi connectivity index (χ3n) is 10.1. The summed E-state index contributed by atoms with van der Waals surface area (Å²) >= 11 is 13.1. The molecule has 0 saturated heterocycles. The van der Waals surface area contributed by atoms with E-state index in [0.29, 0.717) is 0 Å². The van der Waals surface area contributed by atoms with E-state index in [9.17, 15) is 0 Å². The second-order valence-corrected chi connectivity index (χ2v) is 20.1. The van der Waals surface area contributed by atoms with Gasteiger partial charge in [-0.2, -0.15) is 0 Å². The normalized spacial score (nSPS) is 12.8. The molecule has 0 unspecified atom stereocenters. The lowest BCUT2D eigenvalue weighted by Gasteiger charge is -1.99. The van der Waals surface area contributed by atoms with Crippen LogP contribution in [-0.4, -0.2) is 0 Å². The number of unbranched alkanes of at least 4 members (excludes halogenated alkanes) is 12. The highest BCUT2D eigenvalue weighted by Gasteiger charge is 2.28. The summed E-state index contributed by atoms with van der Waals surface area (Å²) in [6.07, 6.45) is 26.6. The molecule has 0 radical (unpaired) electrons. The zero-order chi connectivity index (χ0) is 31.6. The van der Waals surface area contributed by atoms with Crippen LogP contribution in [0.25, 0.3) is 59.1 Å². The van der Waals surface area contributed by atoms with Gasteiger partial charge in [-0.25, -0.2) is 0 Å². The fourth-order valence-corrected chi connectivity index (χ4v) is 16.6. The molecule has 1 aromatic carbocycles. The van der Waals surface area contributed by atoms with Crippen LogP contribution in [0.3, 0.4) is 0 Å². The number of hydrogen-bond acceptors (Lipinski definition) is 6. The summed E-state index contributed by atoms with van der Waals surface area (Å²) in [5, 5.41) is 6.63. The van der Waals surface area contributed by atoms with Crippen molar-refractivity contribution >= 4 is 127 Å². The Morgan fingerprint density at radius 3 is 0.717 bits per heavy atom. The Bertz CT molecular complexity index is 1730. The van der Waals surface area contributed by atoms with Crippen LogP contribution in [0.5, 0.6) is 0 Å². The molecule has 0 amide bonds. The quantitative estimate of drug-likeness (QED) is 0.0687. The van der Waals surface area contributed by atoms with Crippen LogP contribution in [0, 0.1) is 0 Å². The van der Waals surface area contributed by atoms with Gasteiger partial charge < -0.3 is 0 Å². The van der Waals surface area contributed by atoms with Gasteiger partial charge in [-0.15, -0.1) is 68.0 Å². The van der Waals surface area contributed by atoms with Crippen molar-refractivity contribution < 1.29 is 0 Å². The molecule has 0 atom stereocenters. The van der Waals surface area contributed by atoms with Crippen LogP contribution in [0.1, 0.15) is 150 Å². The van der Waals surface area contributed by atoms with Gasteiger partial charge in [0.25, 0.3) is 0 Å². The van der Waals surface area contributed by atoms with Gasteiger partial charge in [0.05, 0.1) is 37.6 Å². The van der Waals surface area contributed by atoms with Crippen molar-refractivity contribution in [3.05, 3.63) is 19.5 Å². The predicted octanol–water partition coefficient (Wildman–Crippen LogP) is 16.9. The second-order valence-electron chi connectivity index (χ2n) is 13.7. The van der Waals surface area contributed by atoms with Crippen LogP contribution in [0.15, 0.2) is 0 Å². The monoisotopic (exact) mass is 724 g/mol. The summed E-state index contributed by atoms with van der Waals surface area (Å²) in [4.78, 5) is 6.76. The van der Waals surface area contributed by atoms with Crippen LogP contribution in [0.2, 0.25) is 0 Å².